The van der Waals surface area contributed by atoms with Crippen molar-refractivity contribution in [2.75, 3.05) is 56.5 Å². The molecule has 4 aliphatic rings. The zero-order valence-corrected chi connectivity index (χ0v) is 27.0. The van der Waals surface area contributed by atoms with Crippen LogP contribution in [0.4, 0.5) is 21.9 Å². The van der Waals surface area contributed by atoms with Crippen LogP contribution < -0.4 is 16.0 Å². The third kappa shape index (κ3) is 6.12. The van der Waals surface area contributed by atoms with Crippen molar-refractivity contribution in [2.24, 2.45) is 5.73 Å². The summed E-state index contributed by atoms with van der Waals surface area (Å²) in [5.74, 6) is -0.537. The van der Waals surface area contributed by atoms with Crippen molar-refractivity contribution >= 4 is 29.0 Å². The maximum atomic E-state index is 12.9. The molecule has 0 spiro atoms. The minimum absolute atomic E-state index is 0.125. The van der Waals surface area contributed by atoms with Gasteiger partial charge in [0, 0.05) is 50.5 Å². The van der Waals surface area contributed by atoms with Gasteiger partial charge in [-0.05, 0) is 87.6 Å². The first-order valence-electron chi connectivity index (χ1n) is 17.0. The Hall–Kier alpha value is -3.33. The first-order chi connectivity index (χ1) is 21.3. The summed E-state index contributed by atoms with van der Waals surface area (Å²) in [6, 6.07) is 9.86. The highest BCUT2D eigenvalue weighted by atomic mass is 16.2. The molecule has 3 amide bonds. The van der Waals surface area contributed by atoms with Crippen molar-refractivity contribution in [1.29, 1.82) is 0 Å². The number of pyridine rings is 1. The predicted molar refractivity (Wildman–Crippen MR) is 177 cm³/mol. The molecule has 9 nitrogen and oxygen atoms in total. The molecule has 3 saturated heterocycles. The number of benzene rings is 1. The molecule has 0 radical (unpaired) electrons. The van der Waals surface area contributed by atoms with Crippen LogP contribution in [0, 0.1) is 0 Å². The molecule has 1 saturated carbocycles. The van der Waals surface area contributed by atoms with Gasteiger partial charge in [-0.15, -0.1) is 0 Å². The van der Waals surface area contributed by atoms with Crippen LogP contribution in [0.5, 0.6) is 0 Å². The first kappa shape index (κ1) is 30.7. The second kappa shape index (κ2) is 13.0. The van der Waals surface area contributed by atoms with E-state index in [0.717, 1.165) is 74.8 Å². The van der Waals surface area contributed by atoms with Crippen LogP contribution in [-0.2, 0) is 11.8 Å². The quantitative estimate of drug-likeness (QED) is 0.414. The van der Waals surface area contributed by atoms with Crippen LogP contribution in [0.2, 0.25) is 0 Å². The number of likely N-dealkylation sites (tertiary alicyclic amines) is 1. The first-order valence-corrected chi connectivity index (χ1v) is 17.0. The number of rotatable bonds is 8. The number of amides is 3. The maximum Gasteiger partial charge on any atom is 0.320 e. The Kier molecular flexibility index (Phi) is 9.03. The molecular formula is C35H51N7O2. The summed E-state index contributed by atoms with van der Waals surface area (Å²) in [7, 11) is 1.89. The molecule has 238 valence electrons. The highest BCUT2D eigenvalue weighted by Gasteiger charge is 2.36. The van der Waals surface area contributed by atoms with E-state index in [1.807, 2.05) is 16.8 Å². The van der Waals surface area contributed by atoms with Crippen LogP contribution in [0.3, 0.4) is 0 Å². The molecule has 44 heavy (non-hydrogen) atoms. The number of carbonyl (C=O) groups is 2. The average Bonchev–Trinajstić information content (AvgIpc) is 3.58. The van der Waals surface area contributed by atoms with Crippen molar-refractivity contribution in [3.63, 3.8) is 0 Å². The van der Waals surface area contributed by atoms with E-state index in [4.69, 9.17) is 5.73 Å². The number of urea groups is 1. The topological polar surface area (TPSA) is 98.0 Å². The predicted octanol–water partition coefficient (Wildman–Crippen LogP) is 5.51. The van der Waals surface area contributed by atoms with E-state index in [2.05, 4.69) is 58.2 Å². The number of primary amides is 1. The zero-order chi connectivity index (χ0) is 30.8. The summed E-state index contributed by atoms with van der Waals surface area (Å²) in [5.41, 5.74) is 11.3. The summed E-state index contributed by atoms with van der Waals surface area (Å²) in [6.07, 6.45) is 13.4. The molecule has 1 unspecified atom stereocenters. The Morgan fingerprint density at radius 1 is 0.977 bits per heavy atom. The average molecular weight is 602 g/mol. The van der Waals surface area contributed by atoms with Gasteiger partial charge in [0.15, 0.2) is 5.69 Å². The molecule has 1 aromatic carbocycles. The van der Waals surface area contributed by atoms with Crippen molar-refractivity contribution in [2.45, 2.75) is 95.6 Å². The molecule has 2 aromatic rings. The monoisotopic (exact) mass is 601 g/mol. The Balaban J connectivity index is 1.20. The van der Waals surface area contributed by atoms with E-state index in [9.17, 15) is 9.59 Å². The van der Waals surface area contributed by atoms with E-state index < -0.39 is 5.91 Å². The lowest BCUT2D eigenvalue weighted by Gasteiger charge is -2.44. The normalized spacial score (nSPS) is 23.3. The van der Waals surface area contributed by atoms with Gasteiger partial charge < -0.3 is 30.7 Å². The number of carbonyl (C=O) groups excluding carboxylic acids is 2. The summed E-state index contributed by atoms with van der Waals surface area (Å²) < 4.78 is 0. The van der Waals surface area contributed by atoms with E-state index in [1.54, 1.807) is 6.20 Å². The SMILES string of the molecule is CCc1c(N2CCCC(N3CCCN(C)C3=O)C2)cnc(C(N)=O)c1Nc1ccc(C2(C)CCN(C3CCCC3)CC2)cc1. The fraction of sp³-hybridized carbons (Fsp3) is 0.629. The second-order valence-corrected chi connectivity index (χ2v) is 13.8. The zero-order valence-electron chi connectivity index (χ0n) is 27.0. The third-order valence-corrected chi connectivity index (χ3v) is 11.0. The molecule has 1 atom stereocenters. The van der Waals surface area contributed by atoms with Gasteiger partial charge in [0.05, 0.1) is 23.6 Å². The van der Waals surface area contributed by atoms with Crippen molar-refractivity contribution < 1.29 is 9.59 Å². The molecule has 4 heterocycles. The Morgan fingerprint density at radius 3 is 2.36 bits per heavy atom. The van der Waals surface area contributed by atoms with E-state index in [1.165, 1.54) is 57.2 Å². The Bertz CT molecular complexity index is 1330. The van der Waals surface area contributed by atoms with E-state index in [0.29, 0.717) is 5.69 Å². The second-order valence-electron chi connectivity index (χ2n) is 13.8. The molecule has 9 heteroatoms. The number of nitrogens with zero attached hydrogens (tertiary/aromatic N) is 5. The van der Waals surface area contributed by atoms with Gasteiger partial charge in [-0.1, -0.05) is 38.8 Å². The summed E-state index contributed by atoms with van der Waals surface area (Å²) in [5, 5.41) is 3.56. The van der Waals surface area contributed by atoms with Crippen molar-refractivity contribution in [1.82, 2.24) is 19.7 Å². The number of hydrogen-bond donors (Lipinski definition) is 2. The molecule has 3 N–H and O–H groups in total. The summed E-state index contributed by atoms with van der Waals surface area (Å²) >= 11 is 0. The smallest absolute Gasteiger partial charge is 0.320 e. The fourth-order valence-electron chi connectivity index (χ4n) is 8.19. The summed E-state index contributed by atoms with van der Waals surface area (Å²) in [6.45, 7) is 10.2. The number of nitrogens with one attached hydrogen (secondary N) is 1. The molecule has 1 aromatic heterocycles. The molecule has 4 fully saturated rings. The van der Waals surface area contributed by atoms with Crippen molar-refractivity contribution in [3.05, 3.63) is 47.3 Å². The lowest BCUT2D eigenvalue weighted by Crippen LogP contribution is -2.56. The number of hydrogen-bond acceptors (Lipinski definition) is 6. The molecule has 3 aliphatic heterocycles. The van der Waals surface area contributed by atoms with Crippen LogP contribution in [0.15, 0.2) is 30.5 Å². The van der Waals surface area contributed by atoms with E-state index in [-0.39, 0.29) is 23.2 Å². The van der Waals surface area contributed by atoms with Crippen LogP contribution in [0.1, 0.15) is 93.3 Å². The van der Waals surface area contributed by atoms with Gasteiger partial charge in [0.2, 0.25) is 0 Å². The van der Waals surface area contributed by atoms with Crippen LogP contribution in [-0.4, -0.2) is 90.0 Å². The third-order valence-electron chi connectivity index (χ3n) is 11.0. The fourth-order valence-corrected chi connectivity index (χ4v) is 8.19. The highest BCUT2D eigenvalue weighted by molar-refractivity contribution is 5.99. The molecule has 0 bridgehead atoms. The van der Waals surface area contributed by atoms with Crippen molar-refractivity contribution in [3.8, 4) is 0 Å². The van der Waals surface area contributed by atoms with E-state index >= 15 is 0 Å². The Morgan fingerprint density at radius 2 is 1.68 bits per heavy atom. The van der Waals surface area contributed by atoms with Gasteiger partial charge in [-0.3, -0.25) is 4.79 Å². The van der Waals surface area contributed by atoms with Gasteiger partial charge >= 0.3 is 6.03 Å². The lowest BCUT2D eigenvalue weighted by molar-refractivity contribution is 0.0996. The lowest BCUT2D eigenvalue weighted by atomic mass is 9.74. The summed E-state index contributed by atoms with van der Waals surface area (Å²) in [4.78, 5) is 39.1. The van der Waals surface area contributed by atoms with Crippen LogP contribution in [0.25, 0.3) is 0 Å². The minimum atomic E-state index is -0.537. The number of anilines is 3. The Labute approximate surface area is 263 Å². The number of piperidine rings is 2. The number of nitrogens with two attached hydrogens (primary N) is 1. The molecule has 6 rings (SSSR count). The van der Waals surface area contributed by atoms with Crippen LogP contribution >= 0.6 is 0 Å². The molecular weight excluding hydrogens is 550 g/mol. The van der Waals surface area contributed by atoms with Gasteiger partial charge in [-0.2, -0.15) is 0 Å². The highest BCUT2D eigenvalue weighted by Crippen LogP contribution is 2.39. The largest absolute Gasteiger partial charge is 0.368 e. The minimum Gasteiger partial charge on any atom is -0.368 e. The molecule has 1 aliphatic carbocycles. The maximum absolute atomic E-state index is 12.9. The van der Waals surface area contributed by atoms with Gasteiger partial charge in [0.1, 0.15) is 0 Å². The van der Waals surface area contributed by atoms with Gasteiger partial charge in [-0.25, -0.2) is 9.78 Å². The standard InChI is InChI=1S/C35H51N7O2/c1-4-29-30(41-19-7-11-28(24-41)42-20-8-18-39(3)34(42)44)23-37-32(33(36)43)31(29)38-26-14-12-25(13-15-26)35(2)16-21-40(22-17-35)27-9-5-6-10-27/h12-15,23,27-28,38H,4-11,16-22,24H2,1-3H3,(H2,36,43). The number of aromatic nitrogens is 1. The van der Waals surface area contributed by atoms with Gasteiger partial charge in [0.25, 0.3) is 5.91 Å².